The van der Waals surface area contributed by atoms with Crippen LogP contribution in [0, 0.1) is 0 Å². The van der Waals surface area contributed by atoms with Crippen LogP contribution in [0.15, 0.2) is 24.3 Å². The van der Waals surface area contributed by atoms with Crippen LogP contribution < -0.4 is 4.74 Å². The summed E-state index contributed by atoms with van der Waals surface area (Å²) in [5.41, 5.74) is 1.26. The molecule has 0 aliphatic carbocycles. The Bertz CT molecular complexity index is 622. The van der Waals surface area contributed by atoms with E-state index in [2.05, 4.69) is 17.0 Å². The highest BCUT2D eigenvalue weighted by molar-refractivity contribution is 5.28. The van der Waals surface area contributed by atoms with Gasteiger partial charge in [0.2, 0.25) is 0 Å². The molecule has 0 saturated carbocycles. The summed E-state index contributed by atoms with van der Waals surface area (Å²) in [4.78, 5) is 2.46. The first-order valence-electron chi connectivity index (χ1n) is 11.2. The molecule has 0 aromatic heterocycles. The number of alkyl halides is 3. The fourth-order valence-electron chi connectivity index (χ4n) is 4.13. The molecule has 0 amide bonds. The zero-order valence-electron chi connectivity index (χ0n) is 17.7. The van der Waals surface area contributed by atoms with Gasteiger partial charge in [0.15, 0.2) is 5.79 Å². The first-order chi connectivity index (χ1) is 14.4. The Hall–Kier alpha value is -1.31. The van der Waals surface area contributed by atoms with Gasteiger partial charge >= 0.3 is 6.18 Å². The second-order valence-electron chi connectivity index (χ2n) is 8.33. The zero-order valence-corrected chi connectivity index (χ0v) is 17.7. The van der Waals surface area contributed by atoms with Crippen LogP contribution in [0.3, 0.4) is 0 Å². The fraction of sp³-hybridized carbons (Fsp3) is 0.739. The minimum atomic E-state index is -4.02. The smallest absolute Gasteiger partial charge is 0.389 e. The molecule has 0 bridgehead atoms. The van der Waals surface area contributed by atoms with Gasteiger partial charge in [0.1, 0.15) is 5.75 Å². The largest absolute Gasteiger partial charge is 0.494 e. The number of benzene rings is 1. The van der Waals surface area contributed by atoms with Crippen LogP contribution >= 0.6 is 0 Å². The van der Waals surface area contributed by atoms with Gasteiger partial charge in [-0.25, -0.2) is 0 Å². The lowest BCUT2D eigenvalue weighted by atomic mass is 10.0. The van der Waals surface area contributed by atoms with E-state index in [9.17, 15) is 13.2 Å². The van der Waals surface area contributed by atoms with Crippen LogP contribution in [0.2, 0.25) is 0 Å². The van der Waals surface area contributed by atoms with Crippen LogP contribution in [-0.4, -0.2) is 56.3 Å². The summed E-state index contributed by atoms with van der Waals surface area (Å²) < 4.78 is 53.7. The van der Waals surface area contributed by atoms with E-state index < -0.39 is 12.6 Å². The number of nitrogens with zero attached hydrogens (tertiary/aromatic N) is 1. The molecule has 0 unspecified atom stereocenters. The molecule has 1 aromatic rings. The van der Waals surface area contributed by atoms with E-state index in [0.717, 1.165) is 63.9 Å². The normalized spacial score (nSPS) is 19.4. The van der Waals surface area contributed by atoms with Crippen molar-refractivity contribution in [2.24, 2.45) is 0 Å². The van der Waals surface area contributed by atoms with Crippen molar-refractivity contribution >= 4 is 0 Å². The first-order valence-corrected chi connectivity index (χ1v) is 11.2. The van der Waals surface area contributed by atoms with Crippen LogP contribution in [0.5, 0.6) is 5.75 Å². The van der Waals surface area contributed by atoms with Gasteiger partial charge in [0, 0.05) is 38.9 Å². The predicted molar refractivity (Wildman–Crippen MR) is 110 cm³/mol. The van der Waals surface area contributed by atoms with Gasteiger partial charge in [0.25, 0.3) is 0 Å². The average Bonchev–Trinajstić information content (AvgIpc) is 3.17. The Balaban J connectivity index is 1.27. The lowest BCUT2D eigenvalue weighted by Crippen LogP contribution is -2.45. The van der Waals surface area contributed by atoms with E-state index in [1.54, 1.807) is 0 Å². The summed E-state index contributed by atoms with van der Waals surface area (Å²) in [6, 6.07) is 8.21. The van der Waals surface area contributed by atoms with Gasteiger partial charge in [-0.2, -0.15) is 13.2 Å². The second kappa shape index (κ2) is 11.3. The van der Waals surface area contributed by atoms with E-state index in [4.69, 9.17) is 14.2 Å². The van der Waals surface area contributed by atoms with E-state index in [-0.39, 0.29) is 12.2 Å². The third kappa shape index (κ3) is 8.08. The Morgan fingerprint density at radius 1 is 0.967 bits per heavy atom. The van der Waals surface area contributed by atoms with Crippen molar-refractivity contribution < 1.29 is 27.4 Å². The molecular weight excluding hydrogens is 395 g/mol. The number of hydrogen-bond donors (Lipinski definition) is 0. The van der Waals surface area contributed by atoms with Gasteiger partial charge in [-0.1, -0.05) is 31.4 Å². The minimum absolute atomic E-state index is 0.227. The maximum absolute atomic E-state index is 12.1. The Kier molecular flexibility index (Phi) is 8.84. The van der Waals surface area contributed by atoms with Crippen LogP contribution in [-0.2, 0) is 15.9 Å². The highest BCUT2D eigenvalue weighted by Gasteiger charge is 2.39. The summed E-state index contributed by atoms with van der Waals surface area (Å²) in [5, 5.41) is 0. The van der Waals surface area contributed by atoms with Crippen molar-refractivity contribution in [2.45, 2.75) is 69.8 Å². The Labute approximate surface area is 177 Å². The van der Waals surface area contributed by atoms with Crippen molar-refractivity contribution in [1.82, 2.24) is 4.90 Å². The first kappa shape index (κ1) is 23.4. The molecule has 4 nitrogen and oxygen atoms in total. The molecule has 1 spiro atoms. The average molecular weight is 430 g/mol. The van der Waals surface area contributed by atoms with Crippen molar-refractivity contribution in [3.63, 3.8) is 0 Å². The fourth-order valence-corrected chi connectivity index (χ4v) is 4.13. The quantitative estimate of drug-likeness (QED) is 0.444. The maximum Gasteiger partial charge on any atom is 0.389 e. The number of hydrogen-bond acceptors (Lipinski definition) is 4. The number of ether oxygens (including phenoxy) is 3. The second-order valence-corrected chi connectivity index (χ2v) is 8.33. The molecule has 7 heteroatoms. The van der Waals surface area contributed by atoms with Gasteiger partial charge < -0.3 is 19.1 Å². The summed E-state index contributed by atoms with van der Waals surface area (Å²) in [5.74, 6) is 0.553. The van der Waals surface area contributed by atoms with Crippen LogP contribution in [0.1, 0.15) is 56.9 Å². The summed E-state index contributed by atoms with van der Waals surface area (Å²) in [6.07, 6.45) is 1.61. The van der Waals surface area contributed by atoms with Crippen molar-refractivity contribution in [2.75, 3.05) is 39.5 Å². The Morgan fingerprint density at radius 2 is 1.67 bits per heavy atom. The lowest BCUT2D eigenvalue weighted by Gasteiger charge is -2.37. The minimum Gasteiger partial charge on any atom is -0.494 e. The molecule has 1 aromatic carbocycles. The molecule has 2 aliphatic rings. The molecule has 30 heavy (non-hydrogen) atoms. The molecule has 2 heterocycles. The molecule has 2 fully saturated rings. The summed E-state index contributed by atoms with van der Waals surface area (Å²) in [6.45, 7) is 5.04. The molecular formula is C23H34F3NO3. The molecule has 0 N–H and O–H groups in total. The zero-order chi connectivity index (χ0) is 21.3. The number of halogens is 3. The molecule has 3 rings (SSSR count). The standard InChI is InChI=1S/C23H34F3NO3/c24-23(25,26)10-4-2-1-3-5-16-28-21-8-6-7-20(19-21)9-13-27-14-11-22(12-15-27)29-17-18-30-22/h6-8,19H,1-5,9-18H2. The number of rotatable bonds is 11. The van der Waals surface area contributed by atoms with E-state index in [1.165, 1.54) is 5.56 Å². The van der Waals surface area contributed by atoms with Crippen LogP contribution in [0.25, 0.3) is 0 Å². The highest BCUT2D eigenvalue weighted by Crippen LogP contribution is 2.31. The Morgan fingerprint density at radius 3 is 2.40 bits per heavy atom. The van der Waals surface area contributed by atoms with Crippen molar-refractivity contribution in [3.05, 3.63) is 29.8 Å². The van der Waals surface area contributed by atoms with E-state index in [0.29, 0.717) is 26.2 Å². The topological polar surface area (TPSA) is 30.9 Å². The third-order valence-corrected chi connectivity index (χ3v) is 5.92. The van der Waals surface area contributed by atoms with Gasteiger partial charge in [-0.3, -0.25) is 0 Å². The molecule has 0 radical (unpaired) electrons. The van der Waals surface area contributed by atoms with Gasteiger partial charge in [-0.05, 0) is 37.0 Å². The third-order valence-electron chi connectivity index (χ3n) is 5.92. The van der Waals surface area contributed by atoms with Crippen molar-refractivity contribution in [1.29, 1.82) is 0 Å². The molecule has 170 valence electrons. The van der Waals surface area contributed by atoms with E-state index >= 15 is 0 Å². The molecule has 2 aliphatic heterocycles. The summed E-state index contributed by atoms with van der Waals surface area (Å²) in [7, 11) is 0. The number of likely N-dealkylation sites (tertiary alicyclic amines) is 1. The monoisotopic (exact) mass is 429 g/mol. The van der Waals surface area contributed by atoms with Crippen LogP contribution in [0.4, 0.5) is 13.2 Å². The van der Waals surface area contributed by atoms with Crippen molar-refractivity contribution in [3.8, 4) is 5.75 Å². The van der Waals surface area contributed by atoms with Gasteiger partial charge in [-0.15, -0.1) is 0 Å². The SMILES string of the molecule is FC(F)(F)CCCCCCCOc1cccc(CCN2CCC3(CC2)OCCO3)c1. The molecule has 2 saturated heterocycles. The predicted octanol–water partition coefficient (Wildman–Crippen LogP) is 5.35. The van der Waals surface area contributed by atoms with E-state index in [1.807, 2.05) is 12.1 Å². The maximum atomic E-state index is 12.1. The summed E-state index contributed by atoms with van der Waals surface area (Å²) >= 11 is 0. The number of unbranched alkanes of at least 4 members (excludes halogenated alkanes) is 4. The highest BCUT2D eigenvalue weighted by atomic mass is 19.4. The van der Waals surface area contributed by atoms with Gasteiger partial charge in [0.05, 0.1) is 19.8 Å². The number of piperidine rings is 1. The molecule has 0 atom stereocenters. The lowest BCUT2D eigenvalue weighted by molar-refractivity contribution is -0.185.